The van der Waals surface area contributed by atoms with Gasteiger partial charge in [0.05, 0.1) is 30.7 Å². The van der Waals surface area contributed by atoms with Gasteiger partial charge in [-0.3, -0.25) is 14.3 Å². The summed E-state index contributed by atoms with van der Waals surface area (Å²) in [4.78, 5) is 58.7. The van der Waals surface area contributed by atoms with E-state index in [-0.39, 0.29) is 17.1 Å². The van der Waals surface area contributed by atoms with Crippen LogP contribution in [-0.4, -0.2) is 68.6 Å². The molecule has 21 heteroatoms. The third-order valence-electron chi connectivity index (χ3n) is 4.69. The summed E-state index contributed by atoms with van der Waals surface area (Å²) in [6.45, 7) is 7.38. The van der Waals surface area contributed by atoms with Gasteiger partial charge in [-0.1, -0.05) is 6.92 Å². The van der Waals surface area contributed by atoms with Crippen molar-refractivity contribution in [3.63, 3.8) is 0 Å². The van der Waals surface area contributed by atoms with E-state index in [0.29, 0.717) is 0 Å². The van der Waals surface area contributed by atoms with Gasteiger partial charge < -0.3 is 39.7 Å². The Kier molecular flexibility index (Phi) is 9.68. The van der Waals surface area contributed by atoms with Gasteiger partial charge in [0, 0.05) is 5.92 Å². The molecule has 0 amide bonds. The molecule has 2 aromatic heterocycles. The first-order valence-electron chi connectivity index (χ1n) is 10.5. The number of phosphoric acid groups is 3. The largest absolute Gasteiger partial charge is 0.490 e. The molecule has 0 aliphatic carbocycles. The molecule has 6 atom stereocenters. The third kappa shape index (κ3) is 9.32. The molecule has 6 unspecified atom stereocenters. The lowest BCUT2D eigenvalue weighted by Gasteiger charge is -2.37. The summed E-state index contributed by atoms with van der Waals surface area (Å²) in [7, 11) is -16.6. The fourth-order valence-corrected chi connectivity index (χ4v) is 6.34. The molecule has 37 heavy (non-hydrogen) atoms. The second-order valence-electron chi connectivity index (χ2n) is 9.07. The van der Waals surface area contributed by atoms with Crippen LogP contribution in [0.2, 0.25) is 0 Å². The number of nitrogen functional groups attached to an aromatic ring is 1. The number of nitrogens with two attached hydrogens (primary N) is 1. The summed E-state index contributed by atoms with van der Waals surface area (Å²) in [5, 5.41) is 11.2. The summed E-state index contributed by atoms with van der Waals surface area (Å²) < 4.78 is 53.8. The SMILES string of the molecule is CC(COP(=O)(O)OP(=O)(O)OP(=O)(O)O)C(OC(C)(C)C)C(O)C(C)n1cnc2c(=O)[nH]c(N)nc21. The van der Waals surface area contributed by atoms with Gasteiger partial charge >= 0.3 is 23.5 Å². The molecule has 0 aromatic carbocycles. The van der Waals surface area contributed by atoms with Crippen LogP contribution >= 0.6 is 23.5 Å². The molecule has 0 radical (unpaired) electrons. The minimum atomic E-state index is -5.69. The number of hydrogen-bond donors (Lipinski definition) is 7. The van der Waals surface area contributed by atoms with E-state index in [1.54, 1.807) is 27.7 Å². The van der Waals surface area contributed by atoms with Gasteiger partial charge in [0.1, 0.15) is 6.10 Å². The molecule has 0 spiro atoms. The van der Waals surface area contributed by atoms with Gasteiger partial charge in [0.2, 0.25) is 5.95 Å². The van der Waals surface area contributed by atoms with Crippen molar-refractivity contribution >= 4 is 40.6 Å². The Morgan fingerprint density at radius 3 is 2.24 bits per heavy atom. The van der Waals surface area contributed by atoms with Crippen LogP contribution < -0.4 is 11.3 Å². The summed E-state index contributed by atoms with van der Waals surface area (Å²) in [6.07, 6.45) is -1.21. The van der Waals surface area contributed by atoms with E-state index in [4.69, 9.17) is 24.8 Å². The second kappa shape index (κ2) is 11.3. The molecule has 0 bridgehead atoms. The molecule has 0 saturated carbocycles. The first kappa shape index (κ1) is 31.7. The zero-order valence-corrected chi connectivity index (χ0v) is 23.0. The first-order chi connectivity index (χ1) is 16.6. The lowest BCUT2D eigenvalue weighted by atomic mass is 9.95. The standard InChI is InChI=1S/C16H30N5O13P3/c1-8(6-31-36(27,28)34-37(29,30)33-35(24,25)26)12(32-16(3,4)5)11(22)9(2)21-7-18-10-13(21)19-15(17)20-14(10)23/h7-9,11-12,22H,6H2,1-5H3,(H,27,28)(H,29,30)(H2,24,25,26)(H3,17,19,20,23). The predicted molar refractivity (Wildman–Crippen MR) is 127 cm³/mol. The fraction of sp³-hybridized carbons (Fsp3) is 0.688. The highest BCUT2D eigenvalue weighted by Crippen LogP contribution is 2.66. The van der Waals surface area contributed by atoms with E-state index in [0.717, 1.165) is 0 Å². The van der Waals surface area contributed by atoms with Crippen LogP contribution in [0.25, 0.3) is 11.2 Å². The smallest absolute Gasteiger partial charge is 0.388 e. The number of imidazole rings is 1. The minimum Gasteiger partial charge on any atom is -0.388 e. The Bertz CT molecular complexity index is 1300. The van der Waals surface area contributed by atoms with Crippen molar-refractivity contribution in [1.29, 1.82) is 0 Å². The van der Waals surface area contributed by atoms with Crippen LogP contribution in [0.1, 0.15) is 40.7 Å². The predicted octanol–water partition coefficient (Wildman–Crippen LogP) is 0.787. The third-order valence-corrected chi connectivity index (χ3v) is 8.49. The number of aromatic amines is 1. The monoisotopic (exact) mass is 593 g/mol. The number of fused-ring (bicyclic) bond motifs is 1. The van der Waals surface area contributed by atoms with Crippen LogP contribution in [0.3, 0.4) is 0 Å². The van der Waals surface area contributed by atoms with Gasteiger partial charge in [0.15, 0.2) is 11.2 Å². The zero-order valence-electron chi connectivity index (χ0n) is 20.4. The quantitative estimate of drug-likeness (QED) is 0.167. The number of rotatable bonds is 12. The van der Waals surface area contributed by atoms with E-state index >= 15 is 0 Å². The van der Waals surface area contributed by atoms with Crippen molar-refractivity contribution in [3.05, 3.63) is 16.7 Å². The number of ether oxygens (including phenoxy) is 1. The summed E-state index contributed by atoms with van der Waals surface area (Å²) in [5.74, 6) is -1.06. The summed E-state index contributed by atoms with van der Waals surface area (Å²) in [5.41, 5.74) is 4.25. The van der Waals surface area contributed by atoms with E-state index < -0.39 is 65.4 Å². The zero-order chi connectivity index (χ0) is 28.6. The summed E-state index contributed by atoms with van der Waals surface area (Å²) >= 11 is 0. The molecule has 0 saturated heterocycles. The minimum absolute atomic E-state index is 0.0257. The Labute approximate surface area is 210 Å². The van der Waals surface area contributed by atoms with Crippen molar-refractivity contribution in [2.45, 2.75) is 58.5 Å². The number of phosphoric ester groups is 1. The Morgan fingerprint density at radius 1 is 1.11 bits per heavy atom. The highest BCUT2D eigenvalue weighted by Gasteiger charge is 2.42. The Balaban J connectivity index is 2.26. The maximum absolute atomic E-state index is 12.1. The summed E-state index contributed by atoms with van der Waals surface area (Å²) in [6, 6.07) is -0.833. The van der Waals surface area contributed by atoms with E-state index in [2.05, 4.69) is 23.6 Å². The number of aliphatic hydroxyl groups excluding tert-OH is 1. The Hall–Kier alpha value is -1.52. The maximum Gasteiger partial charge on any atom is 0.490 e. The highest BCUT2D eigenvalue weighted by atomic mass is 31.3. The lowest BCUT2D eigenvalue weighted by molar-refractivity contribution is -0.146. The van der Waals surface area contributed by atoms with Crippen molar-refractivity contribution in [2.75, 3.05) is 12.3 Å². The number of aromatic nitrogens is 4. The number of nitrogens with one attached hydrogen (secondary N) is 1. The fourth-order valence-electron chi connectivity index (χ4n) is 3.22. The second-order valence-corrected chi connectivity index (χ2v) is 13.5. The van der Waals surface area contributed by atoms with Gasteiger partial charge in [-0.25, -0.2) is 18.7 Å². The van der Waals surface area contributed by atoms with Crippen molar-refractivity contribution in [2.24, 2.45) is 5.92 Å². The normalized spacial score (nSPS) is 19.6. The van der Waals surface area contributed by atoms with E-state index in [1.807, 2.05) is 0 Å². The molecular formula is C16H30N5O13P3. The van der Waals surface area contributed by atoms with E-state index in [9.17, 15) is 33.4 Å². The van der Waals surface area contributed by atoms with Crippen LogP contribution in [-0.2, 0) is 31.6 Å². The molecule has 2 heterocycles. The molecule has 212 valence electrons. The number of anilines is 1. The topological polar surface area (TPSA) is 279 Å². The maximum atomic E-state index is 12.1. The number of hydrogen-bond acceptors (Lipinski definition) is 12. The average molecular weight is 593 g/mol. The molecule has 0 aliphatic heterocycles. The lowest BCUT2D eigenvalue weighted by Crippen LogP contribution is -2.45. The van der Waals surface area contributed by atoms with E-state index in [1.165, 1.54) is 17.8 Å². The van der Waals surface area contributed by atoms with Crippen LogP contribution in [0, 0.1) is 5.92 Å². The molecular weight excluding hydrogens is 563 g/mol. The molecule has 2 aromatic rings. The molecule has 2 rings (SSSR count). The van der Waals surface area contributed by atoms with Crippen LogP contribution in [0.5, 0.6) is 0 Å². The number of aliphatic hydroxyl groups is 1. The van der Waals surface area contributed by atoms with Gasteiger partial charge in [-0.15, -0.1) is 0 Å². The molecule has 0 aliphatic rings. The molecule has 0 fully saturated rings. The molecule has 8 N–H and O–H groups in total. The molecule has 18 nitrogen and oxygen atoms in total. The number of H-pyrrole nitrogens is 1. The average Bonchev–Trinajstić information content (AvgIpc) is 3.09. The van der Waals surface area contributed by atoms with Gasteiger partial charge in [-0.2, -0.15) is 13.6 Å². The van der Waals surface area contributed by atoms with Gasteiger partial charge in [0.25, 0.3) is 5.56 Å². The van der Waals surface area contributed by atoms with Crippen LogP contribution in [0.4, 0.5) is 5.95 Å². The number of nitrogens with zero attached hydrogens (tertiary/aromatic N) is 3. The van der Waals surface area contributed by atoms with Crippen molar-refractivity contribution in [3.8, 4) is 0 Å². The van der Waals surface area contributed by atoms with Crippen molar-refractivity contribution < 1.29 is 56.3 Å². The Morgan fingerprint density at radius 2 is 1.70 bits per heavy atom. The van der Waals surface area contributed by atoms with Gasteiger partial charge in [-0.05, 0) is 27.7 Å². The highest BCUT2D eigenvalue weighted by molar-refractivity contribution is 7.66. The van der Waals surface area contributed by atoms with Crippen LogP contribution in [0.15, 0.2) is 11.1 Å². The van der Waals surface area contributed by atoms with Crippen molar-refractivity contribution in [1.82, 2.24) is 19.5 Å². The first-order valence-corrected chi connectivity index (χ1v) is 15.0.